The molecule has 72 valence electrons. The van der Waals surface area contributed by atoms with Gasteiger partial charge in [0.05, 0.1) is 12.4 Å². The molecule has 0 aliphatic heterocycles. The third-order valence-corrected chi connectivity index (χ3v) is 1.46. The molecule has 0 spiro atoms. The smallest absolute Gasteiger partial charge is 0.104 e. The number of phenolic OH excluding ortho intramolecular Hbond substituents is 1. The van der Waals surface area contributed by atoms with E-state index in [2.05, 4.69) is 6.92 Å². The van der Waals surface area contributed by atoms with Crippen LogP contribution in [0.5, 0.6) is 11.5 Å². The molecule has 1 rings (SSSR count). The number of ether oxygens (including phenoxy) is 1. The van der Waals surface area contributed by atoms with E-state index in [1.54, 1.807) is 18.2 Å². The van der Waals surface area contributed by atoms with E-state index in [1.807, 2.05) is 0 Å². The Hall–Kier alpha value is -0.662. The van der Waals surface area contributed by atoms with E-state index in [1.165, 1.54) is 0 Å². The van der Waals surface area contributed by atoms with Gasteiger partial charge in [0.2, 0.25) is 0 Å². The van der Waals surface area contributed by atoms with Crippen LogP contribution >= 0.6 is 0 Å². The molecule has 3 N–H and O–H groups in total. The average Bonchev–Trinajstić information content (AvgIpc) is 2.08. The van der Waals surface area contributed by atoms with Crippen LogP contribution in [-0.2, 0) is 21.1 Å². The largest absolute Gasteiger partial charge is 0.561 e. The summed E-state index contributed by atoms with van der Waals surface area (Å²) >= 11 is 0. The Labute approximate surface area is 92.2 Å². The normalized spacial score (nSPS) is 9.00. The van der Waals surface area contributed by atoms with Crippen molar-refractivity contribution < 1.29 is 30.9 Å². The number of benzene rings is 1. The van der Waals surface area contributed by atoms with Crippen LogP contribution in [0.15, 0.2) is 18.2 Å². The van der Waals surface area contributed by atoms with Crippen molar-refractivity contribution in [1.29, 1.82) is 0 Å². The molecule has 13 heavy (non-hydrogen) atoms. The van der Waals surface area contributed by atoms with Crippen LogP contribution in [0.4, 0.5) is 0 Å². The molecule has 0 bridgehead atoms. The van der Waals surface area contributed by atoms with Crippen LogP contribution in [0, 0.1) is 6.92 Å². The molecular weight excluding hydrogens is 338 g/mol. The van der Waals surface area contributed by atoms with Gasteiger partial charge in [-0.05, 0) is 6.07 Å². The number of hydrogen-bond acceptors (Lipinski definition) is 3. The van der Waals surface area contributed by atoms with Gasteiger partial charge in [-0.25, -0.2) is 0 Å². The van der Waals surface area contributed by atoms with E-state index in [4.69, 9.17) is 10.5 Å². The molecule has 1 aromatic carbocycles. The van der Waals surface area contributed by atoms with E-state index < -0.39 is 0 Å². The van der Waals surface area contributed by atoms with E-state index >= 15 is 0 Å². The van der Waals surface area contributed by atoms with Gasteiger partial charge < -0.3 is 15.6 Å². The van der Waals surface area contributed by atoms with Crippen molar-refractivity contribution in [3.63, 3.8) is 0 Å². The van der Waals surface area contributed by atoms with Crippen LogP contribution in [0.25, 0.3) is 0 Å². The van der Waals surface area contributed by atoms with Crippen LogP contribution < -0.4 is 10.5 Å². The Morgan fingerprint density at radius 1 is 1.46 bits per heavy atom. The number of nitrogens with two attached hydrogens (primary N) is 1. The molecule has 0 fully saturated rings. The summed E-state index contributed by atoms with van der Waals surface area (Å²) in [6.07, 6.45) is 0. The number of rotatable bonds is 3. The van der Waals surface area contributed by atoms with E-state index in [0.717, 1.165) is 0 Å². The Bertz CT molecular complexity index is 266. The quantitative estimate of drug-likeness (QED) is 0.797. The first-order valence-corrected chi connectivity index (χ1v) is 3.72. The van der Waals surface area contributed by atoms with Gasteiger partial charge >= 0.3 is 0 Å². The maximum absolute atomic E-state index is 9.40. The molecule has 0 atom stereocenters. The zero-order valence-electron chi connectivity index (χ0n) is 7.19. The van der Waals surface area contributed by atoms with Crippen molar-refractivity contribution in [2.75, 3.05) is 13.2 Å². The Morgan fingerprint density at radius 3 is 2.77 bits per heavy atom. The first-order valence-electron chi connectivity index (χ1n) is 3.72. The fourth-order valence-corrected chi connectivity index (χ4v) is 0.853. The minimum atomic E-state index is 0. The molecule has 1 aromatic rings. The van der Waals surface area contributed by atoms with E-state index in [9.17, 15) is 5.11 Å². The van der Waals surface area contributed by atoms with Gasteiger partial charge in [0, 0.05) is 27.6 Å². The van der Waals surface area contributed by atoms with Crippen molar-refractivity contribution in [2.24, 2.45) is 5.73 Å². The molecule has 0 aromatic heterocycles. The maximum Gasteiger partial charge on any atom is 0.104 e. The second kappa shape index (κ2) is 5.89. The first-order chi connectivity index (χ1) is 5.75. The summed E-state index contributed by atoms with van der Waals surface area (Å²) in [5.41, 5.74) is 5.80. The molecule has 0 saturated carbocycles. The number of aromatic hydroxyl groups is 1. The van der Waals surface area contributed by atoms with E-state index in [0.29, 0.717) is 24.5 Å². The number of hydrogen-bond donors (Lipinski definition) is 2. The molecule has 4 heteroatoms. The van der Waals surface area contributed by atoms with Gasteiger partial charge in [0.1, 0.15) is 5.75 Å². The van der Waals surface area contributed by atoms with Crippen molar-refractivity contribution >= 4 is 0 Å². The molecule has 0 heterocycles. The third kappa shape index (κ3) is 3.29. The molecule has 0 aliphatic rings. The van der Waals surface area contributed by atoms with Crippen LogP contribution in [0.2, 0.25) is 0 Å². The average molecular weight is 350 g/mol. The first kappa shape index (κ1) is 12.3. The standard InChI is InChI=1S/C9H12NO2.W/c1-7-3-2-4-8(9(7)11)12-6-5-10;/h2-4,11H,1,5-6,10H2;/q-1;. The van der Waals surface area contributed by atoms with Gasteiger partial charge in [-0.3, -0.25) is 0 Å². The minimum Gasteiger partial charge on any atom is -0.561 e. The minimum absolute atomic E-state index is 0. The Balaban J connectivity index is 0.00000144. The summed E-state index contributed by atoms with van der Waals surface area (Å²) in [6, 6.07) is 5.16. The summed E-state index contributed by atoms with van der Waals surface area (Å²) in [5.74, 6) is 0.527. The van der Waals surface area contributed by atoms with Gasteiger partial charge in [-0.1, -0.05) is 0 Å². The summed E-state index contributed by atoms with van der Waals surface area (Å²) in [7, 11) is 0. The van der Waals surface area contributed by atoms with Crippen molar-refractivity contribution in [3.05, 3.63) is 30.7 Å². The summed E-state index contributed by atoms with van der Waals surface area (Å²) in [6.45, 7) is 4.46. The van der Waals surface area contributed by atoms with Crippen LogP contribution in [0.1, 0.15) is 5.56 Å². The SMILES string of the molecule is [CH2-]c1cccc(OCCN)c1O.[W]. The van der Waals surface area contributed by atoms with Gasteiger partial charge in [0.15, 0.2) is 0 Å². The van der Waals surface area contributed by atoms with Gasteiger partial charge in [-0.15, -0.1) is 6.07 Å². The van der Waals surface area contributed by atoms with Crippen molar-refractivity contribution in [3.8, 4) is 11.5 Å². The van der Waals surface area contributed by atoms with Gasteiger partial charge in [-0.2, -0.15) is 18.6 Å². The van der Waals surface area contributed by atoms with E-state index in [-0.39, 0.29) is 26.8 Å². The second-order valence-corrected chi connectivity index (χ2v) is 2.40. The molecule has 0 unspecified atom stereocenters. The second-order valence-electron chi connectivity index (χ2n) is 2.40. The van der Waals surface area contributed by atoms with Crippen LogP contribution in [0.3, 0.4) is 0 Å². The zero-order chi connectivity index (χ0) is 8.97. The van der Waals surface area contributed by atoms with Gasteiger partial charge in [0.25, 0.3) is 0 Å². The molecule has 3 nitrogen and oxygen atoms in total. The monoisotopic (exact) mass is 350 g/mol. The number of phenols is 1. The third-order valence-electron chi connectivity index (χ3n) is 1.46. The molecule has 0 radical (unpaired) electrons. The molecular formula is C9H12NO2W-. The Kier molecular flexibility index (Phi) is 5.59. The molecule has 0 amide bonds. The van der Waals surface area contributed by atoms with Crippen LogP contribution in [-0.4, -0.2) is 18.3 Å². The topological polar surface area (TPSA) is 55.5 Å². The van der Waals surface area contributed by atoms with Crippen molar-refractivity contribution in [1.82, 2.24) is 0 Å². The Morgan fingerprint density at radius 2 is 2.15 bits per heavy atom. The molecule has 0 saturated heterocycles. The number of para-hydroxylation sites is 1. The molecule has 0 aliphatic carbocycles. The summed E-state index contributed by atoms with van der Waals surface area (Å²) in [4.78, 5) is 0. The predicted octanol–water partition coefficient (Wildman–Crippen LogP) is 0.909. The summed E-state index contributed by atoms with van der Waals surface area (Å²) < 4.78 is 5.15. The fourth-order valence-electron chi connectivity index (χ4n) is 0.853. The van der Waals surface area contributed by atoms with Crippen molar-refractivity contribution in [2.45, 2.75) is 0 Å². The predicted molar refractivity (Wildman–Crippen MR) is 47.1 cm³/mol. The fraction of sp³-hybridized carbons (Fsp3) is 0.222. The maximum atomic E-state index is 9.40. The summed E-state index contributed by atoms with van der Waals surface area (Å²) in [5, 5.41) is 9.40. The zero-order valence-corrected chi connectivity index (χ0v) is 10.1.